The molecular formula is C14H19N3O2. The van der Waals surface area contributed by atoms with Gasteiger partial charge in [0.05, 0.1) is 6.04 Å². The van der Waals surface area contributed by atoms with Gasteiger partial charge in [0.25, 0.3) is 0 Å². The summed E-state index contributed by atoms with van der Waals surface area (Å²) in [6.45, 7) is 1.74. The van der Waals surface area contributed by atoms with E-state index >= 15 is 0 Å². The maximum absolute atomic E-state index is 12.3. The Morgan fingerprint density at radius 1 is 1.47 bits per heavy atom. The molecule has 0 saturated heterocycles. The van der Waals surface area contributed by atoms with Crippen molar-refractivity contribution in [3.63, 3.8) is 0 Å². The molecule has 0 bridgehead atoms. The molecule has 1 aliphatic rings. The highest BCUT2D eigenvalue weighted by atomic mass is 16.4. The van der Waals surface area contributed by atoms with Crippen LogP contribution in [0.3, 0.4) is 0 Å². The van der Waals surface area contributed by atoms with Crippen LogP contribution < -0.4 is 5.73 Å². The molecule has 1 saturated carbocycles. The minimum Gasteiger partial charge on any atom is -0.409 e. The number of benzene rings is 1. The molecule has 3 atom stereocenters. The van der Waals surface area contributed by atoms with E-state index in [0.29, 0.717) is 5.92 Å². The first-order chi connectivity index (χ1) is 9.06. The summed E-state index contributed by atoms with van der Waals surface area (Å²) in [6, 6.07) is 9.63. The largest absolute Gasteiger partial charge is 0.409 e. The first-order valence-electron chi connectivity index (χ1n) is 6.35. The van der Waals surface area contributed by atoms with E-state index in [1.165, 1.54) is 5.56 Å². The number of nitrogens with two attached hydrogens (primary N) is 1. The van der Waals surface area contributed by atoms with Gasteiger partial charge in [-0.15, -0.1) is 0 Å². The summed E-state index contributed by atoms with van der Waals surface area (Å²) in [5.74, 6) is 0.415. The number of nitrogens with zero attached hydrogens (tertiary/aromatic N) is 2. The predicted molar refractivity (Wildman–Crippen MR) is 72.9 cm³/mol. The maximum atomic E-state index is 12.3. The number of hydrogen-bond donors (Lipinski definition) is 2. The van der Waals surface area contributed by atoms with E-state index in [9.17, 15) is 4.79 Å². The van der Waals surface area contributed by atoms with E-state index in [-0.39, 0.29) is 17.7 Å². The van der Waals surface area contributed by atoms with Crippen LogP contribution in [0.1, 0.15) is 24.8 Å². The molecular weight excluding hydrogens is 242 g/mol. The van der Waals surface area contributed by atoms with Crippen LogP contribution in [0.4, 0.5) is 0 Å². The molecule has 3 unspecified atom stereocenters. The van der Waals surface area contributed by atoms with Crippen molar-refractivity contribution in [3.8, 4) is 0 Å². The molecule has 102 valence electrons. The molecule has 0 heterocycles. The van der Waals surface area contributed by atoms with Crippen molar-refractivity contribution in [2.45, 2.75) is 25.3 Å². The molecule has 0 spiro atoms. The zero-order valence-electron chi connectivity index (χ0n) is 11.2. The number of carbonyl (C=O) groups is 1. The van der Waals surface area contributed by atoms with Crippen LogP contribution >= 0.6 is 0 Å². The van der Waals surface area contributed by atoms with Crippen molar-refractivity contribution in [2.75, 3.05) is 7.05 Å². The lowest BCUT2D eigenvalue weighted by Crippen LogP contribution is -2.44. The molecule has 5 nitrogen and oxygen atoms in total. The molecule has 1 aromatic carbocycles. The van der Waals surface area contributed by atoms with Gasteiger partial charge in [-0.25, -0.2) is 0 Å². The van der Waals surface area contributed by atoms with Crippen LogP contribution in [0, 0.1) is 5.92 Å². The van der Waals surface area contributed by atoms with E-state index in [4.69, 9.17) is 10.9 Å². The maximum Gasteiger partial charge on any atom is 0.226 e. The zero-order valence-corrected chi connectivity index (χ0v) is 11.2. The van der Waals surface area contributed by atoms with Gasteiger partial charge in [0, 0.05) is 13.0 Å². The smallest absolute Gasteiger partial charge is 0.226 e. The van der Waals surface area contributed by atoms with E-state index in [1.807, 2.05) is 30.3 Å². The number of carbonyl (C=O) groups excluding carboxylic acids is 1. The van der Waals surface area contributed by atoms with Crippen LogP contribution in [0.15, 0.2) is 35.5 Å². The molecule has 2 rings (SSSR count). The number of rotatable bonds is 4. The Morgan fingerprint density at radius 2 is 2.11 bits per heavy atom. The second kappa shape index (κ2) is 5.30. The molecule has 0 aliphatic heterocycles. The van der Waals surface area contributed by atoms with Crippen molar-refractivity contribution in [3.05, 3.63) is 35.9 Å². The van der Waals surface area contributed by atoms with Gasteiger partial charge in [0.15, 0.2) is 5.84 Å². The number of amides is 1. The summed E-state index contributed by atoms with van der Waals surface area (Å²) >= 11 is 0. The number of hydrogen-bond acceptors (Lipinski definition) is 3. The van der Waals surface area contributed by atoms with Gasteiger partial charge in [-0.3, -0.25) is 4.79 Å². The monoisotopic (exact) mass is 261 g/mol. The molecule has 5 heteroatoms. The highest BCUT2D eigenvalue weighted by Gasteiger charge is 2.45. The summed E-state index contributed by atoms with van der Waals surface area (Å²) in [4.78, 5) is 13.8. The fourth-order valence-corrected chi connectivity index (χ4v) is 2.27. The lowest BCUT2D eigenvalue weighted by Gasteiger charge is -2.24. The van der Waals surface area contributed by atoms with Crippen molar-refractivity contribution < 1.29 is 10.0 Å². The standard InChI is InChI=1S/C14H19N3O2/c1-9(13(15)16-19)17(2)14(18)12-8-11(12)10-6-4-3-5-7-10/h3-7,9,11-12,19H,8H2,1-2H3,(H2,15,16). The van der Waals surface area contributed by atoms with Crippen LogP contribution in [0.2, 0.25) is 0 Å². The van der Waals surface area contributed by atoms with Crippen molar-refractivity contribution in [2.24, 2.45) is 16.8 Å². The number of amidine groups is 1. The van der Waals surface area contributed by atoms with E-state index < -0.39 is 6.04 Å². The summed E-state index contributed by atoms with van der Waals surface area (Å²) in [5.41, 5.74) is 6.73. The average molecular weight is 261 g/mol. The normalized spacial score (nSPS) is 23.8. The van der Waals surface area contributed by atoms with Crippen molar-refractivity contribution in [1.29, 1.82) is 0 Å². The van der Waals surface area contributed by atoms with Gasteiger partial charge in [0.1, 0.15) is 0 Å². The second-order valence-electron chi connectivity index (χ2n) is 5.01. The minimum atomic E-state index is -0.394. The van der Waals surface area contributed by atoms with Crippen LogP contribution in [0.5, 0.6) is 0 Å². The molecule has 1 aliphatic carbocycles. The van der Waals surface area contributed by atoms with Gasteiger partial charge < -0.3 is 15.8 Å². The fourth-order valence-electron chi connectivity index (χ4n) is 2.27. The predicted octanol–water partition coefficient (Wildman–Crippen LogP) is 1.38. The first kappa shape index (κ1) is 13.4. The average Bonchev–Trinajstić information content (AvgIpc) is 3.25. The van der Waals surface area contributed by atoms with Crippen molar-refractivity contribution >= 4 is 11.7 Å². The molecule has 1 amide bonds. The Labute approximate surface area is 112 Å². The van der Waals surface area contributed by atoms with Crippen LogP contribution in [-0.2, 0) is 4.79 Å². The Kier molecular flexibility index (Phi) is 3.74. The van der Waals surface area contributed by atoms with Gasteiger partial charge in [-0.2, -0.15) is 0 Å². The summed E-state index contributed by atoms with van der Waals surface area (Å²) in [5, 5.41) is 11.6. The Hall–Kier alpha value is -2.04. The molecule has 1 aromatic rings. The van der Waals surface area contributed by atoms with E-state index in [2.05, 4.69) is 5.16 Å². The first-order valence-corrected chi connectivity index (χ1v) is 6.35. The summed E-state index contributed by atoms with van der Waals surface area (Å²) in [6.07, 6.45) is 0.871. The third-order valence-electron chi connectivity index (χ3n) is 3.81. The third-order valence-corrected chi connectivity index (χ3v) is 3.81. The molecule has 1 fully saturated rings. The van der Waals surface area contributed by atoms with Crippen molar-refractivity contribution in [1.82, 2.24) is 4.90 Å². The van der Waals surface area contributed by atoms with Gasteiger partial charge in [-0.05, 0) is 24.8 Å². The van der Waals surface area contributed by atoms with Crippen LogP contribution in [0.25, 0.3) is 0 Å². The molecule has 0 radical (unpaired) electrons. The fraction of sp³-hybridized carbons (Fsp3) is 0.429. The number of likely N-dealkylation sites (N-methyl/N-ethyl adjacent to an activating group) is 1. The van der Waals surface area contributed by atoms with Gasteiger partial charge in [-0.1, -0.05) is 35.5 Å². The Balaban J connectivity index is 2.00. The van der Waals surface area contributed by atoms with E-state index in [1.54, 1.807) is 18.9 Å². The quantitative estimate of drug-likeness (QED) is 0.372. The topological polar surface area (TPSA) is 78.9 Å². The van der Waals surface area contributed by atoms with E-state index in [0.717, 1.165) is 6.42 Å². The third kappa shape index (κ3) is 2.70. The highest BCUT2D eigenvalue weighted by Crippen LogP contribution is 2.48. The van der Waals surface area contributed by atoms with Gasteiger partial charge in [0.2, 0.25) is 5.91 Å². The zero-order chi connectivity index (χ0) is 14.0. The molecule has 3 N–H and O–H groups in total. The Morgan fingerprint density at radius 3 is 2.68 bits per heavy atom. The second-order valence-corrected chi connectivity index (χ2v) is 5.01. The highest BCUT2D eigenvalue weighted by molar-refractivity contribution is 5.91. The lowest BCUT2D eigenvalue weighted by molar-refractivity contribution is -0.132. The number of oxime groups is 1. The Bertz CT molecular complexity index is 487. The minimum absolute atomic E-state index is 0.0151. The SMILES string of the molecule is CC(/C(N)=N/O)N(C)C(=O)C1CC1c1ccccc1. The summed E-state index contributed by atoms with van der Waals surface area (Å²) in [7, 11) is 1.69. The summed E-state index contributed by atoms with van der Waals surface area (Å²) < 4.78 is 0. The van der Waals surface area contributed by atoms with Crippen LogP contribution in [-0.4, -0.2) is 34.9 Å². The molecule has 19 heavy (non-hydrogen) atoms. The van der Waals surface area contributed by atoms with Gasteiger partial charge >= 0.3 is 0 Å². The lowest BCUT2D eigenvalue weighted by atomic mass is 10.1. The molecule has 0 aromatic heterocycles.